The summed E-state index contributed by atoms with van der Waals surface area (Å²) in [6.45, 7) is 1.48. The zero-order valence-corrected chi connectivity index (χ0v) is 11.9. The van der Waals surface area contributed by atoms with Gasteiger partial charge >= 0.3 is 0 Å². The van der Waals surface area contributed by atoms with Crippen LogP contribution in [0, 0.1) is 8.99 Å². The first-order chi connectivity index (χ1) is 8.59. The topological polar surface area (TPSA) is 49.4 Å². The molecular weight excluding hydrogens is 343 g/mol. The van der Waals surface area contributed by atoms with E-state index in [1.807, 2.05) is 0 Å². The van der Waals surface area contributed by atoms with Gasteiger partial charge in [0, 0.05) is 28.8 Å². The summed E-state index contributed by atoms with van der Waals surface area (Å²) in [5, 5.41) is 2.42. The number of hydrogen-bond donors (Lipinski definition) is 1. The summed E-state index contributed by atoms with van der Waals surface area (Å²) in [7, 11) is 0. The fourth-order valence-corrected chi connectivity index (χ4v) is 3.12. The van der Waals surface area contributed by atoms with Gasteiger partial charge in [0.1, 0.15) is 0 Å². The summed E-state index contributed by atoms with van der Waals surface area (Å²) >= 11 is 2.27. The van der Waals surface area contributed by atoms with Gasteiger partial charge in [-0.15, -0.1) is 0 Å². The summed E-state index contributed by atoms with van der Waals surface area (Å²) in [6, 6.07) is 8.24. The van der Waals surface area contributed by atoms with Gasteiger partial charge in [-0.3, -0.25) is 14.9 Å². The van der Waals surface area contributed by atoms with E-state index in [9.17, 15) is 9.59 Å². The standard InChI is InChI=1S/C13H13IN2O2/c14-9-1-3-10(4-2-9)16-6-5-13(8-16)7-11(17)15-12(13)18/h1-4H,5-8H2,(H,15,17,18). The summed E-state index contributed by atoms with van der Waals surface area (Å²) in [4.78, 5) is 25.4. The molecule has 2 aliphatic heterocycles. The lowest BCUT2D eigenvalue weighted by Crippen LogP contribution is -2.34. The van der Waals surface area contributed by atoms with E-state index in [0.29, 0.717) is 13.0 Å². The van der Waals surface area contributed by atoms with Gasteiger partial charge < -0.3 is 4.90 Å². The van der Waals surface area contributed by atoms with Crippen molar-refractivity contribution in [3.63, 3.8) is 0 Å². The Balaban J connectivity index is 1.81. The number of nitrogens with one attached hydrogen (secondary N) is 1. The molecule has 0 radical (unpaired) electrons. The number of carbonyl (C=O) groups excluding carboxylic acids is 2. The quantitative estimate of drug-likeness (QED) is 0.614. The summed E-state index contributed by atoms with van der Waals surface area (Å²) < 4.78 is 1.19. The van der Waals surface area contributed by atoms with E-state index in [2.05, 4.69) is 57.1 Å². The minimum atomic E-state index is -0.486. The largest absolute Gasteiger partial charge is 0.370 e. The van der Waals surface area contributed by atoms with Crippen molar-refractivity contribution in [2.75, 3.05) is 18.0 Å². The van der Waals surface area contributed by atoms with Gasteiger partial charge in [0.15, 0.2) is 0 Å². The monoisotopic (exact) mass is 356 g/mol. The minimum Gasteiger partial charge on any atom is -0.370 e. The first-order valence-corrected chi connectivity index (χ1v) is 7.02. The lowest BCUT2D eigenvalue weighted by molar-refractivity contribution is -0.127. The van der Waals surface area contributed by atoms with E-state index in [0.717, 1.165) is 18.7 Å². The Morgan fingerprint density at radius 1 is 1.22 bits per heavy atom. The highest BCUT2D eigenvalue weighted by atomic mass is 127. The minimum absolute atomic E-state index is 0.0967. The molecule has 2 saturated heterocycles. The average Bonchev–Trinajstić information content (AvgIpc) is 2.86. The molecule has 2 aliphatic rings. The molecule has 1 N–H and O–H groups in total. The van der Waals surface area contributed by atoms with Gasteiger partial charge in [-0.05, 0) is 53.3 Å². The van der Waals surface area contributed by atoms with Crippen LogP contribution < -0.4 is 10.2 Å². The molecule has 18 heavy (non-hydrogen) atoms. The Kier molecular flexibility index (Phi) is 2.80. The van der Waals surface area contributed by atoms with Crippen LogP contribution in [0.1, 0.15) is 12.8 Å². The Hall–Kier alpha value is -1.11. The van der Waals surface area contributed by atoms with E-state index in [4.69, 9.17) is 0 Å². The number of imide groups is 1. The molecule has 2 heterocycles. The van der Waals surface area contributed by atoms with Crippen molar-refractivity contribution in [2.24, 2.45) is 5.41 Å². The molecule has 5 heteroatoms. The number of hydrogen-bond acceptors (Lipinski definition) is 3. The second-order valence-corrected chi connectivity index (χ2v) is 6.23. The molecule has 0 saturated carbocycles. The Labute approximate surface area is 119 Å². The summed E-state index contributed by atoms with van der Waals surface area (Å²) in [5.74, 6) is -0.232. The Morgan fingerprint density at radius 2 is 1.94 bits per heavy atom. The molecular formula is C13H13IN2O2. The fourth-order valence-electron chi connectivity index (χ4n) is 2.77. The van der Waals surface area contributed by atoms with E-state index in [-0.39, 0.29) is 11.8 Å². The molecule has 0 aromatic heterocycles. The van der Waals surface area contributed by atoms with Gasteiger partial charge in [-0.1, -0.05) is 0 Å². The lowest BCUT2D eigenvalue weighted by Gasteiger charge is -2.22. The van der Waals surface area contributed by atoms with E-state index in [1.165, 1.54) is 3.57 Å². The third-order valence-corrected chi connectivity index (χ3v) is 4.50. The molecule has 0 bridgehead atoms. The summed E-state index contributed by atoms with van der Waals surface area (Å²) in [6.07, 6.45) is 1.10. The predicted octanol–water partition coefficient (Wildman–Crippen LogP) is 1.53. The molecule has 1 aromatic rings. The Bertz CT molecular complexity index is 514. The van der Waals surface area contributed by atoms with Crippen LogP contribution in [0.2, 0.25) is 0 Å². The number of carbonyl (C=O) groups is 2. The zero-order valence-electron chi connectivity index (χ0n) is 9.78. The highest BCUT2D eigenvalue weighted by Gasteiger charge is 2.50. The second kappa shape index (κ2) is 4.22. The predicted molar refractivity (Wildman–Crippen MR) is 76.2 cm³/mol. The van der Waals surface area contributed by atoms with Crippen LogP contribution in [0.5, 0.6) is 0 Å². The Morgan fingerprint density at radius 3 is 2.56 bits per heavy atom. The van der Waals surface area contributed by atoms with Crippen molar-refractivity contribution in [1.82, 2.24) is 5.32 Å². The van der Waals surface area contributed by atoms with Crippen molar-refractivity contribution < 1.29 is 9.59 Å². The average molecular weight is 356 g/mol. The lowest BCUT2D eigenvalue weighted by atomic mass is 9.85. The molecule has 94 valence electrons. The van der Waals surface area contributed by atoms with Gasteiger partial charge in [0.05, 0.1) is 5.41 Å². The number of anilines is 1. The number of halogens is 1. The first-order valence-electron chi connectivity index (χ1n) is 5.94. The van der Waals surface area contributed by atoms with E-state index < -0.39 is 5.41 Å². The highest BCUT2D eigenvalue weighted by molar-refractivity contribution is 14.1. The van der Waals surface area contributed by atoms with Crippen LogP contribution in [0.4, 0.5) is 5.69 Å². The maximum Gasteiger partial charge on any atom is 0.235 e. The number of nitrogens with zero attached hydrogens (tertiary/aromatic N) is 1. The summed E-state index contributed by atoms with van der Waals surface area (Å²) in [5.41, 5.74) is 0.638. The van der Waals surface area contributed by atoms with Gasteiger partial charge in [0.2, 0.25) is 11.8 Å². The first kappa shape index (κ1) is 12.0. The van der Waals surface area contributed by atoms with Crippen LogP contribution in [-0.4, -0.2) is 24.9 Å². The molecule has 4 nitrogen and oxygen atoms in total. The third-order valence-electron chi connectivity index (χ3n) is 3.78. The van der Waals surface area contributed by atoms with E-state index in [1.54, 1.807) is 0 Å². The zero-order chi connectivity index (χ0) is 12.8. The smallest absolute Gasteiger partial charge is 0.235 e. The van der Waals surface area contributed by atoms with Gasteiger partial charge in [0.25, 0.3) is 0 Å². The van der Waals surface area contributed by atoms with Crippen molar-refractivity contribution >= 4 is 40.1 Å². The molecule has 1 unspecified atom stereocenters. The maximum absolute atomic E-state index is 11.9. The number of benzene rings is 1. The van der Waals surface area contributed by atoms with Crippen LogP contribution in [0.15, 0.2) is 24.3 Å². The normalized spacial score (nSPS) is 27.1. The molecule has 0 aliphatic carbocycles. The molecule has 1 atom stereocenters. The van der Waals surface area contributed by atoms with Gasteiger partial charge in [-0.25, -0.2) is 0 Å². The van der Waals surface area contributed by atoms with Crippen LogP contribution in [-0.2, 0) is 9.59 Å². The number of amides is 2. The van der Waals surface area contributed by atoms with Crippen molar-refractivity contribution in [3.05, 3.63) is 27.8 Å². The van der Waals surface area contributed by atoms with Gasteiger partial charge in [-0.2, -0.15) is 0 Å². The van der Waals surface area contributed by atoms with Crippen molar-refractivity contribution in [1.29, 1.82) is 0 Å². The van der Waals surface area contributed by atoms with Crippen molar-refractivity contribution in [2.45, 2.75) is 12.8 Å². The number of rotatable bonds is 1. The molecule has 1 aromatic carbocycles. The second-order valence-electron chi connectivity index (χ2n) is 4.98. The SMILES string of the molecule is O=C1CC2(CCN(c3ccc(I)cc3)C2)C(=O)N1. The van der Waals surface area contributed by atoms with E-state index >= 15 is 0 Å². The molecule has 2 amide bonds. The third kappa shape index (κ3) is 1.90. The van der Waals surface area contributed by atoms with Crippen LogP contribution >= 0.6 is 22.6 Å². The van der Waals surface area contributed by atoms with Crippen LogP contribution in [0.25, 0.3) is 0 Å². The van der Waals surface area contributed by atoms with Crippen LogP contribution in [0.3, 0.4) is 0 Å². The molecule has 3 rings (SSSR count). The fraction of sp³-hybridized carbons (Fsp3) is 0.385. The van der Waals surface area contributed by atoms with Crippen molar-refractivity contribution in [3.8, 4) is 0 Å². The molecule has 1 spiro atoms. The molecule has 2 fully saturated rings. The highest BCUT2D eigenvalue weighted by Crippen LogP contribution is 2.39. The maximum atomic E-state index is 11.9.